The molecule has 3 aromatic carbocycles. The molecule has 2 heterocycles. The number of imidazole rings is 1. The quantitative estimate of drug-likeness (QED) is 0.0293. The highest BCUT2D eigenvalue weighted by Gasteiger charge is 2.19. The largest absolute Gasteiger partial charge is 0.423 e. The number of aryl methyl sites for hydroxylation is 1. The van der Waals surface area contributed by atoms with Crippen molar-refractivity contribution in [2.75, 3.05) is 0 Å². The van der Waals surface area contributed by atoms with Gasteiger partial charge in [0.25, 0.3) is 10.2 Å². The molecule has 0 spiro atoms. The number of carbonyl (C=O) groups excluding carboxylic acids is 2. The van der Waals surface area contributed by atoms with Crippen LogP contribution in [-0.4, -0.2) is 31.7 Å². The van der Waals surface area contributed by atoms with Crippen LogP contribution in [0.4, 0.5) is 0 Å². The van der Waals surface area contributed by atoms with Crippen LogP contribution in [0.1, 0.15) is 63.2 Å². The molecule has 0 aliphatic rings. The van der Waals surface area contributed by atoms with Crippen LogP contribution in [0.15, 0.2) is 102 Å². The molecule has 0 unspecified atom stereocenters. The van der Waals surface area contributed by atoms with E-state index in [1.807, 2.05) is 22.1 Å². The topological polar surface area (TPSA) is 175 Å². The SMILES string of the molecule is CCCCc1ncc(/C=C(\Cc2cccs2)C(=O)Oc2ccccc2CO[N+](=O)[O-])n1Cc1ccc(C(=O)Oc2ccccc2CO[N+](=O)[O-])cc1. The zero-order valence-corrected chi connectivity index (χ0v) is 28.9. The van der Waals surface area contributed by atoms with E-state index in [0.717, 1.165) is 29.1 Å². The van der Waals surface area contributed by atoms with Gasteiger partial charge in [-0.05, 0) is 53.8 Å². The molecule has 52 heavy (non-hydrogen) atoms. The molecule has 14 nitrogen and oxygen atoms in total. The minimum absolute atomic E-state index is 0.149. The summed E-state index contributed by atoms with van der Waals surface area (Å²) in [5.74, 6) is -0.150. The fourth-order valence-electron chi connectivity index (χ4n) is 5.17. The zero-order valence-electron chi connectivity index (χ0n) is 28.0. The summed E-state index contributed by atoms with van der Waals surface area (Å²) in [6.45, 7) is 1.72. The van der Waals surface area contributed by atoms with Gasteiger partial charge in [0.2, 0.25) is 0 Å². The minimum Gasteiger partial charge on any atom is -0.423 e. The predicted molar refractivity (Wildman–Crippen MR) is 189 cm³/mol. The molecule has 0 N–H and O–H groups in total. The van der Waals surface area contributed by atoms with E-state index in [9.17, 15) is 29.8 Å². The molecule has 5 rings (SSSR count). The van der Waals surface area contributed by atoms with Crippen LogP contribution in [0.2, 0.25) is 0 Å². The second-order valence-corrected chi connectivity index (χ2v) is 12.4. The third kappa shape index (κ3) is 10.3. The molecule has 0 aliphatic carbocycles. The summed E-state index contributed by atoms with van der Waals surface area (Å²) in [5, 5.41) is 21.6. The normalized spacial score (nSPS) is 11.1. The van der Waals surface area contributed by atoms with Gasteiger partial charge >= 0.3 is 11.9 Å². The number of unbranched alkanes of at least 4 members (excludes halogenated alkanes) is 1. The van der Waals surface area contributed by atoms with E-state index in [2.05, 4.69) is 21.6 Å². The van der Waals surface area contributed by atoms with E-state index < -0.39 is 22.1 Å². The maximum Gasteiger partial charge on any atom is 0.343 e. The number of para-hydroxylation sites is 2. The van der Waals surface area contributed by atoms with Gasteiger partial charge in [-0.2, -0.15) is 0 Å². The standard InChI is InChI=1S/C37H34N4O10S/c1-2-3-14-35-38-22-31(20-30(21-32-11-8-19-52-32)37(43)51-34-13-7-5-10-29(34)25-49-41(46)47)39(35)23-26-15-17-27(18-16-26)36(42)50-33-12-6-4-9-28(33)24-48-40(44)45/h4-13,15-20,22H,2-3,14,21,23-25H2,1H3/b30-20+. The lowest BCUT2D eigenvalue weighted by molar-refractivity contribution is -0.763. The first kappa shape index (κ1) is 36.9. The Morgan fingerprint density at radius 2 is 1.48 bits per heavy atom. The van der Waals surface area contributed by atoms with Crippen molar-refractivity contribution < 1.29 is 38.9 Å². The highest BCUT2D eigenvalue weighted by molar-refractivity contribution is 7.09. The van der Waals surface area contributed by atoms with Crippen LogP contribution in [0.5, 0.6) is 11.5 Å². The van der Waals surface area contributed by atoms with Crippen LogP contribution in [0.3, 0.4) is 0 Å². The third-order valence-electron chi connectivity index (χ3n) is 7.78. The fraction of sp³-hybridized carbons (Fsp3) is 0.216. The Balaban J connectivity index is 1.39. The number of esters is 2. The molecule has 0 radical (unpaired) electrons. The average Bonchev–Trinajstić information content (AvgIpc) is 3.79. The maximum absolute atomic E-state index is 13.7. The number of rotatable bonds is 18. The van der Waals surface area contributed by atoms with E-state index in [1.54, 1.807) is 79.0 Å². The Bertz CT molecular complexity index is 2040. The summed E-state index contributed by atoms with van der Waals surface area (Å²) in [6.07, 6.45) is 6.27. The molecule has 0 aliphatic heterocycles. The van der Waals surface area contributed by atoms with Gasteiger partial charge in [-0.15, -0.1) is 31.6 Å². The number of nitrogens with zero attached hydrogens (tertiary/aromatic N) is 4. The Morgan fingerprint density at radius 1 is 0.846 bits per heavy atom. The second kappa shape index (κ2) is 18.1. The van der Waals surface area contributed by atoms with Crippen LogP contribution < -0.4 is 9.47 Å². The van der Waals surface area contributed by atoms with Crippen LogP contribution >= 0.6 is 11.3 Å². The second-order valence-electron chi connectivity index (χ2n) is 11.4. The van der Waals surface area contributed by atoms with Crippen molar-refractivity contribution in [1.29, 1.82) is 0 Å². The van der Waals surface area contributed by atoms with Crippen molar-refractivity contribution in [3.63, 3.8) is 0 Å². The van der Waals surface area contributed by atoms with Gasteiger partial charge in [-0.1, -0.05) is 67.9 Å². The summed E-state index contributed by atoms with van der Waals surface area (Å²) in [6, 6.07) is 23.5. The van der Waals surface area contributed by atoms with Gasteiger partial charge in [0, 0.05) is 41.0 Å². The van der Waals surface area contributed by atoms with Crippen molar-refractivity contribution >= 4 is 29.4 Å². The fourth-order valence-corrected chi connectivity index (χ4v) is 5.89. The Labute approximate surface area is 302 Å². The summed E-state index contributed by atoms with van der Waals surface area (Å²) in [4.78, 5) is 62.8. The number of aromatic nitrogens is 2. The van der Waals surface area contributed by atoms with Gasteiger partial charge in [-0.3, -0.25) is 0 Å². The number of thiophene rings is 1. The molecule has 0 amide bonds. The molecule has 15 heteroatoms. The van der Waals surface area contributed by atoms with E-state index in [1.165, 1.54) is 17.4 Å². The van der Waals surface area contributed by atoms with E-state index in [-0.39, 0.29) is 36.7 Å². The zero-order chi connectivity index (χ0) is 36.9. The van der Waals surface area contributed by atoms with Crippen molar-refractivity contribution in [1.82, 2.24) is 9.55 Å². The van der Waals surface area contributed by atoms with Crippen LogP contribution in [0, 0.1) is 20.2 Å². The lowest BCUT2D eigenvalue weighted by atomic mass is 10.1. The first-order valence-corrected chi connectivity index (χ1v) is 17.1. The minimum atomic E-state index is -0.914. The molecule has 0 saturated heterocycles. The average molecular weight is 727 g/mol. The van der Waals surface area contributed by atoms with Crippen LogP contribution in [-0.2, 0) is 47.1 Å². The maximum atomic E-state index is 13.7. The Morgan fingerprint density at radius 3 is 2.08 bits per heavy atom. The molecular formula is C37H34N4O10S. The van der Waals surface area contributed by atoms with Gasteiger partial charge in [0.05, 0.1) is 17.5 Å². The molecule has 0 fully saturated rings. The molecule has 5 aromatic rings. The predicted octanol–water partition coefficient (Wildman–Crippen LogP) is 7.20. The van der Waals surface area contributed by atoms with Crippen molar-refractivity contribution in [3.05, 3.63) is 161 Å². The lowest BCUT2D eigenvalue weighted by Crippen LogP contribution is -2.15. The molecule has 2 aromatic heterocycles. The lowest BCUT2D eigenvalue weighted by Gasteiger charge is -2.14. The van der Waals surface area contributed by atoms with Crippen LogP contribution in [0.25, 0.3) is 6.08 Å². The number of ether oxygens (including phenoxy) is 2. The Hall–Kier alpha value is -6.35. The highest BCUT2D eigenvalue weighted by atomic mass is 32.1. The summed E-state index contributed by atoms with van der Waals surface area (Å²) in [5.41, 5.74) is 2.82. The molecular weight excluding hydrogens is 692 g/mol. The number of hydrogen-bond donors (Lipinski definition) is 0. The Kier molecular flexibility index (Phi) is 12.8. The smallest absolute Gasteiger partial charge is 0.343 e. The van der Waals surface area contributed by atoms with E-state index in [4.69, 9.17) is 9.47 Å². The molecule has 0 bridgehead atoms. The van der Waals surface area contributed by atoms with Crippen molar-refractivity contribution in [3.8, 4) is 11.5 Å². The van der Waals surface area contributed by atoms with Crippen molar-refractivity contribution in [2.24, 2.45) is 0 Å². The van der Waals surface area contributed by atoms with E-state index >= 15 is 0 Å². The van der Waals surface area contributed by atoms with Gasteiger partial charge < -0.3 is 23.7 Å². The van der Waals surface area contributed by atoms with E-state index in [0.29, 0.717) is 35.4 Å². The molecule has 268 valence electrons. The van der Waals surface area contributed by atoms with Gasteiger partial charge in [-0.25, -0.2) is 14.6 Å². The molecule has 0 atom stereocenters. The third-order valence-corrected chi connectivity index (χ3v) is 8.66. The van der Waals surface area contributed by atoms with Crippen molar-refractivity contribution in [2.45, 2.75) is 52.4 Å². The van der Waals surface area contributed by atoms with Gasteiger partial charge in [0.1, 0.15) is 30.5 Å². The molecule has 0 saturated carbocycles. The summed E-state index contributed by atoms with van der Waals surface area (Å²) in [7, 11) is 0. The van der Waals surface area contributed by atoms with Gasteiger partial charge in [0.15, 0.2) is 0 Å². The first-order valence-electron chi connectivity index (χ1n) is 16.2. The first-order chi connectivity index (χ1) is 25.2. The highest BCUT2D eigenvalue weighted by Crippen LogP contribution is 2.25. The monoisotopic (exact) mass is 726 g/mol. The number of carbonyl (C=O) groups is 2. The number of benzene rings is 3. The summed E-state index contributed by atoms with van der Waals surface area (Å²) >= 11 is 1.49. The number of hydrogen-bond acceptors (Lipinski definition) is 12. The summed E-state index contributed by atoms with van der Waals surface area (Å²) < 4.78 is 13.3.